The van der Waals surface area contributed by atoms with Crippen LogP contribution in [0.25, 0.3) is 0 Å². The van der Waals surface area contributed by atoms with Crippen LogP contribution < -0.4 is 19.5 Å². The normalized spacial score (nSPS) is 13.6. The highest BCUT2D eigenvalue weighted by molar-refractivity contribution is 6.21. The average Bonchev–Trinajstić information content (AvgIpc) is 2.99. The monoisotopic (exact) mass is 426 g/mol. The number of fused-ring (bicyclic) bond motifs is 1. The third-order valence-corrected chi connectivity index (χ3v) is 5.25. The minimum absolute atomic E-state index is 0.000779. The van der Waals surface area contributed by atoms with Gasteiger partial charge in [0.15, 0.2) is 11.5 Å². The number of amides is 3. The number of hydrogen-bond acceptors (Lipinski definition) is 6. The Bertz CT molecular complexity index is 1010. The first-order valence-electron chi connectivity index (χ1n) is 9.86. The van der Waals surface area contributed by atoms with Crippen molar-refractivity contribution < 1.29 is 28.6 Å². The van der Waals surface area contributed by atoms with Crippen LogP contribution in [0.1, 0.15) is 51.2 Å². The van der Waals surface area contributed by atoms with Crippen LogP contribution >= 0.6 is 0 Å². The number of nitrogens with one attached hydrogen (secondary N) is 1. The third kappa shape index (κ3) is 4.33. The van der Waals surface area contributed by atoms with E-state index in [4.69, 9.17) is 14.2 Å². The molecule has 8 nitrogen and oxygen atoms in total. The molecule has 0 bridgehead atoms. The molecule has 0 fully saturated rings. The molecule has 2 aromatic rings. The molecule has 0 aliphatic carbocycles. The Hall–Kier alpha value is -3.55. The maximum absolute atomic E-state index is 12.6. The largest absolute Gasteiger partial charge is 0.493 e. The van der Waals surface area contributed by atoms with Crippen LogP contribution in [0.4, 0.5) is 0 Å². The molecule has 3 amide bonds. The molecule has 0 saturated carbocycles. The second-order valence-electron chi connectivity index (χ2n) is 7.31. The van der Waals surface area contributed by atoms with Crippen LogP contribution in [0.2, 0.25) is 0 Å². The minimum Gasteiger partial charge on any atom is -0.493 e. The first kappa shape index (κ1) is 22.1. The Morgan fingerprint density at radius 1 is 0.968 bits per heavy atom. The zero-order valence-electron chi connectivity index (χ0n) is 18.3. The lowest BCUT2D eigenvalue weighted by Crippen LogP contribution is -2.35. The van der Waals surface area contributed by atoms with Crippen molar-refractivity contribution in [3.8, 4) is 17.2 Å². The number of hydrogen-bond donors (Lipinski definition) is 1. The number of carbonyl (C=O) groups is 3. The molecule has 8 heteroatoms. The summed E-state index contributed by atoms with van der Waals surface area (Å²) in [5.41, 5.74) is 2.43. The molecule has 31 heavy (non-hydrogen) atoms. The molecule has 0 aromatic heterocycles. The third-order valence-electron chi connectivity index (χ3n) is 5.25. The molecule has 1 aliphatic rings. The molecule has 1 atom stereocenters. The number of benzene rings is 2. The van der Waals surface area contributed by atoms with E-state index in [0.717, 1.165) is 16.0 Å². The van der Waals surface area contributed by atoms with Crippen LogP contribution in [0.5, 0.6) is 17.2 Å². The molecule has 1 heterocycles. The summed E-state index contributed by atoms with van der Waals surface area (Å²) in [6, 6.07) is 8.31. The van der Waals surface area contributed by atoms with Crippen molar-refractivity contribution in [3.05, 3.63) is 52.6 Å². The topological polar surface area (TPSA) is 94.2 Å². The first-order chi connectivity index (χ1) is 14.8. The maximum Gasteiger partial charge on any atom is 0.261 e. The molecule has 1 N–H and O–H groups in total. The summed E-state index contributed by atoms with van der Waals surface area (Å²) in [7, 11) is 4.56. The van der Waals surface area contributed by atoms with Crippen molar-refractivity contribution in [3.63, 3.8) is 0 Å². The Balaban J connectivity index is 1.65. The van der Waals surface area contributed by atoms with E-state index in [0.29, 0.717) is 28.4 Å². The molecule has 0 spiro atoms. The fraction of sp³-hybridized carbons (Fsp3) is 0.348. The van der Waals surface area contributed by atoms with Gasteiger partial charge in [0.2, 0.25) is 11.7 Å². The summed E-state index contributed by atoms with van der Waals surface area (Å²) in [5, 5.41) is 2.88. The van der Waals surface area contributed by atoms with E-state index in [-0.39, 0.29) is 36.7 Å². The Morgan fingerprint density at radius 3 is 2.16 bits per heavy atom. The van der Waals surface area contributed by atoms with Gasteiger partial charge in [-0.05, 0) is 43.7 Å². The van der Waals surface area contributed by atoms with Gasteiger partial charge in [-0.15, -0.1) is 0 Å². The number of aryl methyl sites for hydroxylation is 1. The van der Waals surface area contributed by atoms with E-state index < -0.39 is 0 Å². The van der Waals surface area contributed by atoms with Gasteiger partial charge in [0.25, 0.3) is 11.8 Å². The number of ether oxygens (including phenoxy) is 3. The smallest absolute Gasteiger partial charge is 0.261 e. The number of nitrogens with zero attached hydrogens (tertiary/aromatic N) is 1. The molecule has 2 aromatic carbocycles. The lowest BCUT2D eigenvalue weighted by Gasteiger charge is -2.19. The number of methoxy groups -OCH3 is 3. The van der Waals surface area contributed by atoms with Gasteiger partial charge in [0, 0.05) is 13.0 Å². The zero-order valence-corrected chi connectivity index (χ0v) is 18.3. The minimum atomic E-state index is -0.370. The fourth-order valence-corrected chi connectivity index (χ4v) is 3.57. The van der Waals surface area contributed by atoms with E-state index in [1.54, 1.807) is 30.3 Å². The van der Waals surface area contributed by atoms with Gasteiger partial charge in [-0.25, -0.2) is 0 Å². The van der Waals surface area contributed by atoms with Crippen molar-refractivity contribution in [2.24, 2.45) is 0 Å². The van der Waals surface area contributed by atoms with E-state index >= 15 is 0 Å². The van der Waals surface area contributed by atoms with E-state index in [1.807, 2.05) is 13.8 Å². The van der Waals surface area contributed by atoms with Crippen LogP contribution in [0.15, 0.2) is 30.3 Å². The first-order valence-corrected chi connectivity index (χ1v) is 9.86. The van der Waals surface area contributed by atoms with Crippen molar-refractivity contribution >= 4 is 17.7 Å². The Morgan fingerprint density at radius 2 is 1.58 bits per heavy atom. The summed E-state index contributed by atoms with van der Waals surface area (Å²) in [6.45, 7) is 3.70. The summed E-state index contributed by atoms with van der Waals surface area (Å²) < 4.78 is 16.0. The molecule has 0 unspecified atom stereocenters. The van der Waals surface area contributed by atoms with E-state index in [9.17, 15) is 14.4 Å². The van der Waals surface area contributed by atoms with Gasteiger partial charge in [0.1, 0.15) is 0 Å². The second kappa shape index (κ2) is 9.07. The predicted octanol–water partition coefficient (Wildman–Crippen LogP) is 2.88. The molecule has 0 radical (unpaired) electrons. The Labute approximate surface area is 181 Å². The van der Waals surface area contributed by atoms with Crippen molar-refractivity contribution in [1.29, 1.82) is 0 Å². The van der Waals surface area contributed by atoms with E-state index in [2.05, 4.69) is 5.32 Å². The lowest BCUT2D eigenvalue weighted by atomic mass is 10.1. The maximum atomic E-state index is 12.6. The molecule has 1 aliphatic heterocycles. The number of carbonyl (C=O) groups excluding carboxylic acids is 3. The highest BCUT2D eigenvalue weighted by Crippen LogP contribution is 2.39. The summed E-state index contributed by atoms with van der Waals surface area (Å²) in [4.78, 5) is 38.7. The van der Waals surface area contributed by atoms with Crippen LogP contribution in [-0.4, -0.2) is 50.5 Å². The van der Waals surface area contributed by atoms with Gasteiger partial charge >= 0.3 is 0 Å². The fourth-order valence-electron chi connectivity index (χ4n) is 3.57. The zero-order chi connectivity index (χ0) is 22.7. The SMILES string of the molecule is COc1cc([C@@H](C)NC(=O)CCN2C(=O)c3ccc(C)cc3C2=O)cc(OC)c1OC. The predicted molar refractivity (Wildman–Crippen MR) is 114 cm³/mol. The number of imide groups is 1. The molecule has 3 rings (SSSR count). The quantitative estimate of drug-likeness (QED) is 0.653. The van der Waals surface area contributed by atoms with Gasteiger partial charge in [-0.2, -0.15) is 0 Å². The van der Waals surface area contributed by atoms with E-state index in [1.165, 1.54) is 21.3 Å². The summed E-state index contributed by atoms with van der Waals surface area (Å²) in [5.74, 6) is 0.417. The van der Waals surface area contributed by atoms with Crippen molar-refractivity contribution in [2.75, 3.05) is 27.9 Å². The van der Waals surface area contributed by atoms with Gasteiger partial charge < -0.3 is 19.5 Å². The molecular formula is C23H26N2O6. The molecule has 164 valence electrons. The Kier molecular flexibility index (Phi) is 6.48. The molecular weight excluding hydrogens is 400 g/mol. The lowest BCUT2D eigenvalue weighted by molar-refractivity contribution is -0.121. The average molecular weight is 426 g/mol. The summed E-state index contributed by atoms with van der Waals surface area (Å²) >= 11 is 0. The van der Waals surface area contributed by atoms with Crippen LogP contribution in [-0.2, 0) is 4.79 Å². The van der Waals surface area contributed by atoms with Crippen LogP contribution in [0.3, 0.4) is 0 Å². The van der Waals surface area contributed by atoms with Crippen LogP contribution in [0, 0.1) is 6.92 Å². The van der Waals surface area contributed by atoms with Gasteiger partial charge in [0.05, 0.1) is 38.5 Å². The number of rotatable bonds is 8. The highest BCUT2D eigenvalue weighted by Gasteiger charge is 2.35. The standard InChI is InChI=1S/C23H26N2O6/c1-13-6-7-16-17(10-13)23(28)25(22(16)27)9-8-20(26)24-14(2)15-11-18(29-3)21(31-5)19(12-15)30-4/h6-7,10-12,14H,8-9H2,1-5H3,(H,24,26)/t14-/m1/s1. The van der Waals surface area contributed by atoms with Gasteiger partial charge in [-0.1, -0.05) is 11.6 Å². The summed E-state index contributed by atoms with van der Waals surface area (Å²) in [6.07, 6.45) is -0.000779. The van der Waals surface area contributed by atoms with Crippen molar-refractivity contribution in [2.45, 2.75) is 26.3 Å². The van der Waals surface area contributed by atoms with Gasteiger partial charge in [-0.3, -0.25) is 19.3 Å². The highest BCUT2D eigenvalue weighted by atomic mass is 16.5. The molecule has 0 saturated heterocycles. The second-order valence-corrected chi connectivity index (χ2v) is 7.31. The van der Waals surface area contributed by atoms with Crippen molar-refractivity contribution in [1.82, 2.24) is 10.2 Å².